The number of urea groups is 1. The highest BCUT2D eigenvalue weighted by molar-refractivity contribution is 5.96. The summed E-state index contributed by atoms with van der Waals surface area (Å²) >= 11 is 0. The van der Waals surface area contributed by atoms with Gasteiger partial charge in [-0.3, -0.25) is 20.4 Å². The maximum atomic E-state index is 12.0. The third-order valence-corrected chi connectivity index (χ3v) is 3.98. The fourth-order valence-electron chi connectivity index (χ4n) is 2.47. The third kappa shape index (κ3) is 6.71. The maximum Gasteiger partial charge on any atom is 0.321 e. The Morgan fingerprint density at radius 3 is 2.52 bits per heavy atom. The predicted molar refractivity (Wildman–Crippen MR) is 103 cm³/mol. The normalized spacial score (nSPS) is 12.7. The Balaban J connectivity index is 1.84. The van der Waals surface area contributed by atoms with Gasteiger partial charge in [0.25, 0.3) is 0 Å². The van der Waals surface area contributed by atoms with Gasteiger partial charge in [0.1, 0.15) is 12.4 Å². The van der Waals surface area contributed by atoms with E-state index in [2.05, 4.69) is 20.9 Å². The van der Waals surface area contributed by atoms with Gasteiger partial charge >= 0.3 is 6.03 Å². The molecule has 7 heteroatoms. The quantitative estimate of drug-likeness (QED) is 0.664. The summed E-state index contributed by atoms with van der Waals surface area (Å²) in [5, 5.41) is 8.01. The van der Waals surface area contributed by atoms with Crippen molar-refractivity contribution in [1.82, 2.24) is 20.9 Å². The van der Waals surface area contributed by atoms with Crippen LogP contribution in [0.15, 0.2) is 48.8 Å². The molecule has 0 fully saturated rings. The lowest BCUT2D eigenvalue weighted by molar-refractivity contribution is -0.121. The number of carbonyl (C=O) groups is 2. The van der Waals surface area contributed by atoms with Gasteiger partial charge in [0.2, 0.25) is 5.91 Å². The molecule has 0 radical (unpaired) electrons. The number of hydrogen-bond donors (Lipinski definition) is 3. The van der Waals surface area contributed by atoms with Crippen LogP contribution in [0.5, 0.6) is 5.75 Å². The SMILES string of the molecule is CCNC(=O)NC(=O)[C@@H](C)N[C@@H](C)c1ccc(OCc2cccnc2)cc1. The Morgan fingerprint density at radius 1 is 1.15 bits per heavy atom. The number of rotatable bonds is 8. The summed E-state index contributed by atoms with van der Waals surface area (Å²) in [6, 6.07) is 10.5. The highest BCUT2D eigenvalue weighted by Gasteiger charge is 2.18. The maximum absolute atomic E-state index is 12.0. The van der Waals surface area contributed by atoms with Crippen molar-refractivity contribution < 1.29 is 14.3 Å². The molecule has 27 heavy (non-hydrogen) atoms. The number of nitrogens with one attached hydrogen (secondary N) is 3. The van der Waals surface area contributed by atoms with Crippen molar-refractivity contribution in [2.75, 3.05) is 6.54 Å². The van der Waals surface area contributed by atoms with E-state index in [4.69, 9.17) is 4.74 Å². The molecule has 1 heterocycles. The van der Waals surface area contributed by atoms with Gasteiger partial charge in [0, 0.05) is 30.5 Å². The highest BCUT2D eigenvalue weighted by Crippen LogP contribution is 2.19. The van der Waals surface area contributed by atoms with Crippen LogP contribution < -0.4 is 20.7 Å². The minimum atomic E-state index is -0.510. The largest absolute Gasteiger partial charge is 0.489 e. The monoisotopic (exact) mass is 370 g/mol. The molecule has 3 N–H and O–H groups in total. The first-order valence-electron chi connectivity index (χ1n) is 8.96. The number of hydrogen-bond acceptors (Lipinski definition) is 5. The van der Waals surface area contributed by atoms with Gasteiger partial charge in [-0.2, -0.15) is 0 Å². The van der Waals surface area contributed by atoms with Crippen molar-refractivity contribution in [2.24, 2.45) is 0 Å². The summed E-state index contributed by atoms with van der Waals surface area (Å²) in [5.74, 6) is 0.390. The van der Waals surface area contributed by atoms with E-state index in [9.17, 15) is 9.59 Å². The van der Waals surface area contributed by atoms with Crippen LogP contribution in [0.3, 0.4) is 0 Å². The van der Waals surface area contributed by atoms with Crippen LogP contribution in [0.4, 0.5) is 4.79 Å². The third-order valence-electron chi connectivity index (χ3n) is 3.98. The molecule has 2 atom stereocenters. The molecule has 1 aromatic heterocycles. The van der Waals surface area contributed by atoms with Gasteiger partial charge in [-0.05, 0) is 44.5 Å². The van der Waals surface area contributed by atoms with Crippen molar-refractivity contribution >= 4 is 11.9 Å². The zero-order valence-electron chi connectivity index (χ0n) is 15.9. The topological polar surface area (TPSA) is 92.4 Å². The molecule has 2 rings (SSSR count). The smallest absolute Gasteiger partial charge is 0.321 e. The van der Waals surface area contributed by atoms with E-state index in [0.29, 0.717) is 13.2 Å². The Kier molecular flexibility index (Phi) is 7.76. The first-order valence-corrected chi connectivity index (χ1v) is 8.96. The molecule has 0 bridgehead atoms. The molecule has 0 spiro atoms. The molecular formula is C20H26N4O3. The molecule has 0 aliphatic heterocycles. The first kappa shape index (κ1) is 20.4. The minimum Gasteiger partial charge on any atom is -0.489 e. The number of amides is 3. The molecule has 0 aliphatic carbocycles. The van der Waals surface area contributed by atoms with Crippen molar-refractivity contribution in [2.45, 2.75) is 39.5 Å². The van der Waals surface area contributed by atoms with Gasteiger partial charge in [-0.1, -0.05) is 18.2 Å². The molecule has 1 aromatic carbocycles. The number of pyridine rings is 1. The van der Waals surface area contributed by atoms with E-state index in [1.165, 1.54) is 0 Å². The van der Waals surface area contributed by atoms with Crippen molar-refractivity contribution in [3.05, 3.63) is 59.9 Å². The van der Waals surface area contributed by atoms with Crippen LogP contribution in [0, 0.1) is 0 Å². The van der Waals surface area contributed by atoms with Crippen molar-refractivity contribution in [3.8, 4) is 5.75 Å². The minimum absolute atomic E-state index is 0.0626. The summed E-state index contributed by atoms with van der Waals surface area (Å²) in [6.45, 7) is 6.39. The van der Waals surface area contributed by atoms with Crippen LogP contribution in [0.2, 0.25) is 0 Å². The first-order chi connectivity index (χ1) is 13.0. The summed E-state index contributed by atoms with van der Waals surface area (Å²) in [6.07, 6.45) is 3.50. The number of benzene rings is 1. The van der Waals surface area contributed by atoms with E-state index >= 15 is 0 Å². The Hall–Kier alpha value is -2.93. The summed E-state index contributed by atoms with van der Waals surface area (Å²) in [7, 11) is 0. The zero-order chi connectivity index (χ0) is 19.6. The number of carbonyl (C=O) groups excluding carboxylic acids is 2. The Bertz CT molecular complexity index is 735. The van der Waals surface area contributed by atoms with Gasteiger partial charge < -0.3 is 10.1 Å². The molecule has 2 aromatic rings. The van der Waals surface area contributed by atoms with Gasteiger partial charge in [-0.15, -0.1) is 0 Å². The highest BCUT2D eigenvalue weighted by atomic mass is 16.5. The molecule has 7 nitrogen and oxygen atoms in total. The zero-order valence-corrected chi connectivity index (χ0v) is 15.9. The van der Waals surface area contributed by atoms with E-state index < -0.39 is 12.1 Å². The number of imide groups is 1. The van der Waals surface area contributed by atoms with Gasteiger partial charge in [-0.25, -0.2) is 4.79 Å². The van der Waals surface area contributed by atoms with Gasteiger partial charge in [0.05, 0.1) is 6.04 Å². The van der Waals surface area contributed by atoms with Crippen LogP contribution in [-0.4, -0.2) is 29.5 Å². The molecule has 0 unspecified atom stereocenters. The fraction of sp³-hybridized carbons (Fsp3) is 0.350. The second-order valence-electron chi connectivity index (χ2n) is 6.18. The van der Waals surface area contributed by atoms with E-state index in [1.54, 1.807) is 26.2 Å². The number of ether oxygens (including phenoxy) is 1. The molecule has 0 saturated heterocycles. The van der Waals surface area contributed by atoms with Crippen LogP contribution in [-0.2, 0) is 11.4 Å². The molecular weight excluding hydrogens is 344 g/mol. The standard InChI is InChI=1S/C20H26N4O3/c1-4-22-20(26)24-19(25)15(3)23-14(2)17-7-9-18(10-8-17)27-13-16-6-5-11-21-12-16/h5-12,14-15,23H,4,13H2,1-3H3,(H2,22,24,25,26)/t14-,15+/m0/s1. The Labute approximate surface area is 159 Å². The summed E-state index contributed by atoms with van der Waals surface area (Å²) < 4.78 is 5.74. The average molecular weight is 370 g/mol. The van der Waals surface area contributed by atoms with E-state index in [1.807, 2.05) is 43.3 Å². The lowest BCUT2D eigenvalue weighted by Gasteiger charge is -2.20. The molecule has 3 amide bonds. The van der Waals surface area contributed by atoms with E-state index in [0.717, 1.165) is 16.9 Å². The van der Waals surface area contributed by atoms with Crippen LogP contribution in [0.25, 0.3) is 0 Å². The molecule has 144 valence electrons. The lowest BCUT2D eigenvalue weighted by Crippen LogP contribution is -2.48. The lowest BCUT2D eigenvalue weighted by atomic mass is 10.1. The van der Waals surface area contributed by atoms with Crippen molar-refractivity contribution in [3.63, 3.8) is 0 Å². The summed E-state index contributed by atoms with van der Waals surface area (Å²) in [5.41, 5.74) is 2.02. The second kappa shape index (κ2) is 10.3. The fourth-order valence-corrected chi connectivity index (χ4v) is 2.47. The second-order valence-corrected chi connectivity index (χ2v) is 6.18. The van der Waals surface area contributed by atoms with Crippen LogP contribution in [0.1, 0.15) is 37.9 Å². The molecule has 0 aliphatic rings. The summed E-state index contributed by atoms with van der Waals surface area (Å²) in [4.78, 5) is 27.5. The van der Waals surface area contributed by atoms with Gasteiger partial charge in [0.15, 0.2) is 0 Å². The van der Waals surface area contributed by atoms with Crippen molar-refractivity contribution in [1.29, 1.82) is 0 Å². The number of aromatic nitrogens is 1. The predicted octanol–water partition coefficient (Wildman–Crippen LogP) is 2.55. The van der Waals surface area contributed by atoms with Crippen LogP contribution >= 0.6 is 0 Å². The number of nitrogens with zero attached hydrogens (tertiary/aromatic N) is 1. The van der Waals surface area contributed by atoms with E-state index in [-0.39, 0.29) is 11.9 Å². The average Bonchev–Trinajstić information content (AvgIpc) is 2.67. The Morgan fingerprint density at radius 2 is 1.89 bits per heavy atom. The molecule has 0 saturated carbocycles.